The Balaban J connectivity index is 1.53. The van der Waals surface area contributed by atoms with Crippen molar-refractivity contribution in [3.63, 3.8) is 0 Å². The molecule has 11 nitrogen and oxygen atoms in total. The highest BCUT2D eigenvalue weighted by atomic mass is 32.2. The van der Waals surface area contributed by atoms with Crippen LogP contribution in [0.5, 0.6) is 0 Å². The van der Waals surface area contributed by atoms with Crippen LogP contribution in [0.3, 0.4) is 0 Å². The van der Waals surface area contributed by atoms with Crippen LogP contribution in [0.4, 0.5) is 19.0 Å². The molecule has 4 heterocycles. The average Bonchev–Trinajstić information content (AvgIpc) is 3.31. The van der Waals surface area contributed by atoms with E-state index in [-0.39, 0.29) is 46.7 Å². The van der Waals surface area contributed by atoms with Crippen LogP contribution in [0.2, 0.25) is 0 Å². The summed E-state index contributed by atoms with van der Waals surface area (Å²) in [4.78, 5) is 20.1. The molecule has 1 amide bonds. The first kappa shape index (κ1) is 23.1. The molecule has 4 rings (SSSR count). The number of hydrogen-bond acceptors (Lipinski definition) is 8. The average molecular weight is 487 g/mol. The zero-order chi connectivity index (χ0) is 24.1. The van der Waals surface area contributed by atoms with Crippen LogP contribution in [0, 0.1) is 26.7 Å². The van der Waals surface area contributed by atoms with E-state index < -0.39 is 33.8 Å². The number of aromatic nitrogens is 5. The van der Waals surface area contributed by atoms with Crippen molar-refractivity contribution >= 4 is 27.5 Å². The highest BCUT2D eigenvalue weighted by Crippen LogP contribution is 2.29. The molecular weight excluding hydrogens is 467 g/mol. The molecular formula is C18H20F3N7O4S. The number of alkyl halides is 3. The number of nitrogens with zero attached hydrogens (tertiary/aromatic N) is 6. The molecule has 1 aliphatic rings. The molecule has 3 aromatic heterocycles. The number of hydrogen-bond donors (Lipinski definition) is 1. The Labute approximate surface area is 186 Å². The fraction of sp³-hybridized carbons (Fsp3) is 0.500. The van der Waals surface area contributed by atoms with Gasteiger partial charge in [0.2, 0.25) is 15.9 Å². The fourth-order valence-electron chi connectivity index (χ4n) is 3.77. The predicted octanol–water partition coefficient (Wildman–Crippen LogP) is 2.10. The van der Waals surface area contributed by atoms with Crippen molar-refractivity contribution in [2.24, 2.45) is 5.92 Å². The summed E-state index contributed by atoms with van der Waals surface area (Å²) in [6.45, 7) is 4.69. The normalized spacial score (nSPS) is 18.1. The van der Waals surface area contributed by atoms with Gasteiger partial charge in [-0.1, -0.05) is 5.16 Å². The number of rotatable bonds is 4. The fourth-order valence-corrected chi connectivity index (χ4v) is 5.59. The van der Waals surface area contributed by atoms with E-state index in [0.29, 0.717) is 12.8 Å². The maximum absolute atomic E-state index is 13.1. The second-order valence-electron chi connectivity index (χ2n) is 7.77. The molecule has 1 aliphatic heterocycles. The lowest BCUT2D eigenvalue weighted by molar-refractivity contribution is -0.144. The molecule has 0 aromatic carbocycles. The molecule has 0 aliphatic carbocycles. The summed E-state index contributed by atoms with van der Waals surface area (Å²) in [6.07, 6.45) is -3.85. The number of aryl methyl sites for hydroxylation is 3. The molecule has 3 aromatic rings. The van der Waals surface area contributed by atoms with Crippen LogP contribution in [0.25, 0.3) is 5.78 Å². The van der Waals surface area contributed by atoms with E-state index in [1.165, 1.54) is 31.1 Å². The minimum absolute atomic E-state index is 0.00294. The van der Waals surface area contributed by atoms with Crippen molar-refractivity contribution in [2.75, 3.05) is 18.4 Å². The summed E-state index contributed by atoms with van der Waals surface area (Å²) in [5, 5.41) is 9.63. The standard InChI is InChI=1S/C18H20F3N7O4S/c1-9-7-13(23-17-24-16(18(19,20)21)25-28(9)17)22-15(29)12-5-4-6-27(8-12)33(30,31)14-10(2)26-32-11(14)3/h7,12H,4-6,8H2,1-3H3,(H,22,23,24,25,29). The monoisotopic (exact) mass is 487 g/mol. The molecule has 1 unspecified atom stereocenters. The molecule has 1 fully saturated rings. The van der Waals surface area contributed by atoms with Gasteiger partial charge in [-0.3, -0.25) is 4.79 Å². The third-order valence-electron chi connectivity index (χ3n) is 5.32. The predicted molar refractivity (Wildman–Crippen MR) is 107 cm³/mol. The van der Waals surface area contributed by atoms with Crippen molar-refractivity contribution in [3.8, 4) is 0 Å². The van der Waals surface area contributed by atoms with Gasteiger partial charge in [-0.2, -0.15) is 27.4 Å². The van der Waals surface area contributed by atoms with Gasteiger partial charge in [0, 0.05) is 24.8 Å². The van der Waals surface area contributed by atoms with Crippen LogP contribution in [0.1, 0.15) is 35.8 Å². The van der Waals surface area contributed by atoms with Crippen molar-refractivity contribution in [3.05, 3.63) is 29.0 Å². The van der Waals surface area contributed by atoms with E-state index >= 15 is 0 Å². The Kier molecular flexibility index (Phi) is 5.64. The van der Waals surface area contributed by atoms with Crippen LogP contribution >= 0.6 is 0 Å². The van der Waals surface area contributed by atoms with E-state index in [9.17, 15) is 26.4 Å². The highest BCUT2D eigenvalue weighted by Gasteiger charge is 2.38. The van der Waals surface area contributed by atoms with Gasteiger partial charge in [0.15, 0.2) is 5.76 Å². The number of anilines is 1. The number of halogens is 3. The van der Waals surface area contributed by atoms with Crippen LogP contribution < -0.4 is 5.32 Å². The third-order valence-corrected chi connectivity index (χ3v) is 7.43. The maximum atomic E-state index is 13.1. The van der Waals surface area contributed by atoms with Crippen LogP contribution in [-0.4, -0.2) is 56.5 Å². The topological polar surface area (TPSA) is 136 Å². The van der Waals surface area contributed by atoms with E-state index in [1.807, 2.05) is 0 Å². The van der Waals surface area contributed by atoms with Gasteiger partial charge in [-0.05, 0) is 33.6 Å². The minimum atomic E-state index is -4.73. The molecule has 0 radical (unpaired) electrons. The first-order valence-corrected chi connectivity index (χ1v) is 11.4. The van der Waals surface area contributed by atoms with Gasteiger partial charge in [0.25, 0.3) is 11.6 Å². The summed E-state index contributed by atoms with van der Waals surface area (Å²) < 4.78 is 71.9. The van der Waals surface area contributed by atoms with Gasteiger partial charge < -0.3 is 9.84 Å². The molecule has 15 heteroatoms. The summed E-state index contributed by atoms with van der Waals surface area (Å²) in [5.74, 6) is -2.68. The number of carbonyl (C=O) groups excluding carboxylic acids is 1. The van der Waals surface area contributed by atoms with Crippen molar-refractivity contribution < 1.29 is 30.9 Å². The van der Waals surface area contributed by atoms with E-state index in [1.54, 1.807) is 0 Å². The lowest BCUT2D eigenvalue weighted by Gasteiger charge is -2.31. The Bertz CT molecular complexity index is 1310. The number of fused-ring (bicyclic) bond motifs is 1. The van der Waals surface area contributed by atoms with Gasteiger partial charge in [0.05, 0.1) is 5.92 Å². The van der Waals surface area contributed by atoms with Crippen molar-refractivity contribution in [1.29, 1.82) is 0 Å². The molecule has 0 saturated carbocycles. The summed E-state index contributed by atoms with van der Waals surface area (Å²) in [6, 6.07) is 1.36. The smallest absolute Gasteiger partial charge is 0.360 e. The zero-order valence-corrected chi connectivity index (χ0v) is 18.7. The first-order valence-electron chi connectivity index (χ1n) is 9.93. The lowest BCUT2D eigenvalue weighted by atomic mass is 9.99. The van der Waals surface area contributed by atoms with Crippen molar-refractivity contribution in [1.82, 2.24) is 29.0 Å². The summed E-state index contributed by atoms with van der Waals surface area (Å²) in [7, 11) is -3.91. The summed E-state index contributed by atoms with van der Waals surface area (Å²) >= 11 is 0. The Hall–Kier alpha value is -3.07. The second kappa shape index (κ2) is 8.06. The Morgan fingerprint density at radius 3 is 2.61 bits per heavy atom. The molecule has 1 atom stereocenters. The molecule has 0 bridgehead atoms. The third kappa shape index (κ3) is 4.29. The lowest BCUT2D eigenvalue weighted by Crippen LogP contribution is -2.44. The SMILES string of the molecule is Cc1noc(C)c1S(=O)(=O)N1CCCC(C(=O)Nc2cc(C)n3nc(C(F)(F)F)nc3n2)C1. The molecule has 178 valence electrons. The summed E-state index contributed by atoms with van der Waals surface area (Å²) in [5.41, 5.74) is 0.517. The largest absolute Gasteiger partial charge is 0.453 e. The van der Waals surface area contributed by atoms with E-state index in [0.717, 1.165) is 4.52 Å². The Morgan fingerprint density at radius 2 is 1.97 bits per heavy atom. The van der Waals surface area contributed by atoms with Crippen molar-refractivity contribution in [2.45, 2.75) is 44.7 Å². The van der Waals surface area contributed by atoms with Gasteiger partial charge in [-0.25, -0.2) is 12.9 Å². The van der Waals surface area contributed by atoms with Gasteiger partial charge in [0.1, 0.15) is 16.4 Å². The maximum Gasteiger partial charge on any atom is 0.453 e. The number of nitrogens with one attached hydrogen (secondary N) is 1. The number of amides is 1. The molecule has 1 saturated heterocycles. The number of carbonyl (C=O) groups is 1. The second-order valence-corrected chi connectivity index (χ2v) is 9.65. The number of sulfonamides is 1. The molecule has 33 heavy (non-hydrogen) atoms. The number of piperidine rings is 1. The van der Waals surface area contributed by atoms with Crippen LogP contribution in [0.15, 0.2) is 15.5 Å². The van der Waals surface area contributed by atoms with Crippen LogP contribution in [-0.2, 0) is 21.0 Å². The zero-order valence-electron chi connectivity index (χ0n) is 17.8. The molecule has 0 spiro atoms. The highest BCUT2D eigenvalue weighted by molar-refractivity contribution is 7.89. The van der Waals surface area contributed by atoms with E-state index in [4.69, 9.17) is 4.52 Å². The van der Waals surface area contributed by atoms with Gasteiger partial charge >= 0.3 is 6.18 Å². The molecule has 1 N–H and O–H groups in total. The van der Waals surface area contributed by atoms with Gasteiger partial charge in [-0.15, -0.1) is 5.10 Å². The quantitative estimate of drug-likeness (QED) is 0.591. The minimum Gasteiger partial charge on any atom is -0.360 e. The first-order chi connectivity index (χ1) is 15.4. The Morgan fingerprint density at radius 1 is 1.24 bits per heavy atom. The van der Waals surface area contributed by atoms with E-state index in [2.05, 4.69) is 25.5 Å².